The summed E-state index contributed by atoms with van der Waals surface area (Å²) in [7, 11) is 0. The van der Waals surface area contributed by atoms with Crippen LogP contribution in [0.5, 0.6) is 0 Å². The summed E-state index contributed by atoms with van der Waals surface area (Å²) >= 11 is 1.61. The Hall–Kier alpha value is -1.24. The first-order valence-electron chi connectivity index (χ1n) is 8.49. The van der Waals surface area contributed by atoms with E-state index in [4.69, 9.17) is 4.74 Å². The van der Waals surface area contributed by atoms with Crippen LogP contribution in [0.3, 0.4) is 0 Å². The molecule has 5 nitrogen and oxygen atoms in total. The number of hydrogen-bond acceptors (Lipinski definition) is 5. The lowest BCUT2D eigenvalue weighted by molar-refractivity contribution is -0.124. The number of carbonyl (C=O) groups excluding carboxylic acids is 1. The highest BCUT2D eigenvalue weighted by Gasteiger charge is 2.24. The lowest BCUT2D eigenvalue weighted by Gasteiger charge is -2.31. The predicted octanol–water partition coefficient (Wildman–Crippen LogP) is 2.52. The van der Waals surface area contributed by atoms with E-state index in [0.717, 1.165) is 31.1 Å². The van der Waals surface area contributed by atoms with Gasteiger partial charge in [-0.15, -0.1) is 11.3 Å². The highest BCUT2D eigenvalue weighted by molar-refractivity contribution is 7.09. The third-order valence-corrected chi connectivity index (χ3v) is 5.27. The van der Waals surface area contributed by atoms with Crippen molar-refractivity contribution < 1.29 is 9.53 Å². The maximum absolute atomic E-state index is 12.1. The minimum absolute atomic E-state index is 0.00365. The van der Waals surface area contributed by atoms with Crippen LogP contribution in [-0.2, 0) is 9.53 Å². The van der Waals surface area contributed by atoms with Gasteiger partial charge in [0.1, 0.15) is 11.1 Å². The normalized spacial score (nSPS) is 22.6. The molecule has 0 saturated carbocycles. The van der Waals surface area contributed by atoms with E-state index in [2.05, 4.69) is 21.3 Å². The average molecular weight is 335 g/mol. The summed E-state index contributed by atoms with van der Waals surface area (Å²) in [6.07, 6.45) is 10.2. The van der Waals surface area contributed by atoms with Gasteiger partial charge in [0.05, 0.1) is 13.2 Å². The molecular weight excluding hydrogens is 310 g/mol. The third kappa shape index (κ3) is 5.12. The van der Waals surface area contributed by atoms with Crippen molar-refractivity contribution in [3.8, 4) is 0 Å². The van der Waals surface area contributed by atoms with Gasteiger partial charge in [-0.1, -0.05) is 11.6 Å². The smallest absolute Gasteiger partial charge is 0.234 e. The number of rotatable bonds is 6. The second-order valence-corrected chi connectivity index (χ2v) is 7.10. The monoisotopic (exact) mass is 335 g/mol. The van der Waals surface area contributed by atoms with E-state index in [0.29, 0.717) is 13.2 Å². The molecule has 0 bridgehead atoms. The van der Waals surface area contributed by atoms with Crippen LogP contribution >= 0.6 is 11.3 Å². The molecule has 0 aromatic carbocycles. The van der Waals surface area contributed by atoms with Gasteiger partial charge in [-0.2, -0.15) is 0 Å². The SMILES string of the molecule is O=C(CN1CCO[C@@H](c2nccs2)C1)NCCC1=CCCCC1. The van der Waals surface area contributed by atoms with Gasteiger partial charge in [0.25, 0.3) is 0 Å². The number of thiazole rings is 1. The summed E-state index contributed by atoms with van der Waals surface area (Å²) < 4.78 is 5.76. The fraction of sp³-hybridized carbons (Fsp3) is 0.647. The van der Waals surface area contributed by atoms with Crippen molar-refractivity contribution >= 4 is 17.2 Å². The molecule has 3 rings (SSSR count). The molecule has 2 aliphatic rings. The summed E-state index contributed by atoms with van der Waals surface area (Å²) in [5.74, 6) is 0.112. The molecule has 1 amide bonds. The third-order valence-electron chi connectivity index (χ3n) is 4.40. The number of allylic oxidation sites excluding steroid dienone is 1. The summed E-state index contributed by atoms with van der Waals surface area (Å²) in [6.45, 7) is 3.41. The number of hydrogen-bond donors (Lipinski definition) is 1. The Morgan fingerprint density at radius 1 is 1.48 bits per heavy atom. The second-order valence-electron chi connectivity index (χ2n) is 6.17. The van der Waals surface area contributed by atoms with Crippen molar-refractivity contribution in [2.45, 2.75) is 38.2 Å². The Morgan fingerprint density at radius 2 is 2.43 bits per heavy atom. The number of carbonyl (C=O) groups is 1. The molecule has 1 aliphatic heterocycles. The number of ether oxygens (including phenoxy) is 1. The van der Waals surface area contributed by atoms with Crippen LogP contribution < -0.4 is 5.32 Å². The fourth-order valence-corrected chi connectivity index (χ4v) is 3.82. The zero-order valence-electron chi connectivity index (χ0n) is 13.5. The minimum Gasteiger partial charge on any atom is -0.368 e. The van der Waals surface area contributed by atoms with Crippen molar-refractivity contribution in [2.24, 2.45) is 0 Å². The van der Waals surface area contributed by atoms with E-state index in [1.165, 1.54) is 31.3 Å². The molecule has 6 heteroatoms. The Kier molecular flexibility index (Phi) is 6.19. The van der Waals surface area contributed by atoms with Crippen LogP contribution in [0, 0.1) is 0 Å². The van der Waals surface area contributed by atoms with Crippen LogP contribution in [0.2, 0.25) is 0 Å². The zero-order valence-corrected chi connectivity index (χ0v) is 14.3. The van der Waals surface area contributed by atoms with Crippen LogP contribution in [0.4, 0.5) is 0 Å². The zero-order chi connectivity index (χ0) is 15.9. The molecule has 0 unspecified atom stereocenters. The summed E-state index contributed by atoms with van der Waals surface area (Å²) in [4.78, 5) is 18.6. The van der Waals surface area contributed by atoms with Crippen molar-refractivity contribution in [1.29, 1.82) is 0 Å². The molecule has 0 radical (unpaired) electrons. The Balaban J connectivity index is 1.38. The van der Waals surface area contributed by atoms with E-state index in [1.807, 2.05) is 5.38 Å². The largest absolute Gasteiger partial charge is 0.368 e. The Labute approximate surface area is 141 Å². The van der Waals surface area contributed by atoms with E-state index >= 15 is 0 Å². The van der Waals surface area contributed by atoms with Crippen molar-refractivity contribution in [3.63, 3.8) is 0 Å². The van der Waals surface area contributed by atoms with Crippen LogP contribution in [0.15, 0.2) is 23.2 Å². The molecular formula is C17H25N3O2S. The molecule has 2 heterocycles. The summed E-state index contributed by atoms with van der Waals surface area (Å²) in [5.41, 5.74) is 1.51. The molecule has 126 valence electrons. The number of amides is 1. The highest BCUT2D eigenvalue weighted by atomic mass is 32.1. The van der Waals surface area contributed by atoms with Gasteiger partial charge in [-0.3, -0.25) is 9.69 Å². The van der Waals surface area contributed by atoms with Gasteiger partial charge < -0.3 is 10.1 Å². The summed E-state index contributed by atoms with van der Waals surface area (Å²) in [6, 6.07) is 0. The topological polar surface area (TPSA) is 54.5 Å². The maximum Gasteiger partial charge on any atom is 0.234 e. The molecule has 1 aliphatic carbocycles. The minimum atomic E-state index is 0.00365. The van der Waals surface area contributed by atoms with Crippen molar-refractivity contribution in [2.75, 3.05) is 32.8 Å². The molecule has 0 spiro atoms. The molecule has 1 N–H and O–H groups in total. The van der Waals surface area contributed by atoms with Crippen LogP contribution in [0.25, 0.3) is 0 Å². The van der Waals surface area contributed by atoms with E-state index in [9.17, 15) is 4.79 Å². The first kappa shape index (κ1) is 16.6. The lowest BCUT2D eigenvalue weighted by Crippen LogP contribution is -2.44. The van der Waals surface area contributed by atoms with Gasteiger partial charge in [0.2, 0.25) is 5.91 Å². The van der Waals surface area contributed by atoms with E-state index < -0.39 is 0 Å². The van der Waals surface area contributed by atoms with Gasteiger partial charge in [-0.05, 0) is 32.1 Å². The number of aromatic nitrogens is 1. The van der Waals surface area contributed by atoms with Gasteiger partial charge >= 0.3 is 0 Å². The van der Waals surface area contributed by atoms with Crippen molar-refractivity contribution in [3.05, 3.63) is 28.2 Å². The number of nitrogens with zero attached hydrogens (tertiary/aromatic N) is 2. The van der Waals surface area contributed by atoms with Gasteiger partial charge in [0.15, 0.2) is 0 Å². The lowest BCUT2D eigenvalue weighted by atomic mass is 9.97. The Bertz CT molecular complexity index is 530. The molecule has 1 saturated heterocycles. The van der Waals surface area contributed by atoms with Crippen LogP contribution in [-0.4, -0.2) is 48.6 Å². The molecule has 1 aromatic heterocycles. The van der Waals surface area contributed by atoms with Gasteiger partial charge in [0, 0.05) is 31.2 Å². The van der Waals surface area contributed by atoms with Crippen molar-refractivity contribution in [1.82, 2.24) is 15.2 Å². The number of morpholine rings is 1. The average Bonchev–Trinajstić information content (AvgIpc) is 3.11. The van der Waals surface area contributed by atoms with E-state index in [1.54, 1.807) is 17.5 Å². The molecule has 1 aromatic rings. The van der Waals surface area contributed by atoms with E-state index in [-0.39, 0.29) is 12.0 Å². The molecule has 1 fully saturated rings. The number of nitrogens with one attached hydrogen (secondary N) is 1. The second kappa shape index (κ2) is 8.57. The quantitative estimate of drug-likeness (QED) is 0.812. The first-order valence-corrected chi connectivity index (χ1v) is 9.37. The first-order chi connectivity index (χ1) is 11.3. The highest BCUT2D eigenvalue weighted by Crippen LogP contribution is 2.23. The maximum atomic E-state index is 12.1. The fourth-order valence-electron chi connectivity index (χ4n) is 3.14. The molecule has 23 heavy (non-hydrogen) atoms. The Morgan fingerprint density at radius 3 is 3.22 bits per heavy atom. The predicted molar refractivity (Wildman–Crippen MR) is 91.4 cm³/mol. The van der Waals surface area contributed by atoms with Gasteiger partial charge in [-0.25, -0.2) is 4.98 Å². The van der Waals surface area contributed by atoms with Crippen LogP contribution in [0.1, 0.15) is 43.2 Å². The molecule has 1 atom stereocenters. The summed E-state index contributed by atoms with van der Waals surface area (Å²) in [5, 5.41) is 6.01. The standard InChI is InChI=1S/C17H25N3O2S/c21-16(18-7-6-14-4-2-1-3-5-14)13-20-9-10-22-15(12-20)17-19-8-11-23-17/h4,8,11,15H,1-3,5-7,9-10,12-13H2,(H,18,21)/t15-/m1/s1.